The summed E-state index contributed by atoms with van der Waals surface area (Å²) in [6.07, 6.45) is 0.505. The number of hydrogen-bond acceptors (Lipinski definition) is 6. The van der Waals surface area contributed by atoms with Crippen LogP contribution in [0.3, 0.4) is 0 Å². The molecule has 0 aliphatic heterocycles. The van der Waals surface area contributed by atoms with E-state index in [0.29, 0.717) is 18.1 Å². The second kappa shape index (κ2) is 9.75. The van der Waals surface area contributed by atoms with E-state index < -0.39 is 5.57 Å². The number of aromatic amines is 1. The zero-order valence-corrected chi connectivity index (χ0v) is 19.0. The van der Waals surface area contributed by atoms with Crippen molar-refractivity contribution < 1.29 is 18.3 Å². The topological polar surface area (TPSA) is 97.7 Å². The quantitative estimate of drug-likeness (QED) is 0.270. The van der Waals surface area contributed by atoms with Gasteiger partial charge in [0.2, 0.25) is 11.1 Å². The summed E-state index contributed by atoms with van der Waals surface area (Å²) < 4.78 is 32.0. The fourth-order valence-corrected chi connectivity index (χ4v) is 4.20. The second-order valence-electron chi connectivity index (χ2n) is 7.08. The van der Waals surface area contributed by atoms with Crippen LogP contribution in [0.5, 0.6) is 5.75 Å². The molecular formula is C21H19ClF2N6O2S. The number of halogens is 3. The average Bonchev–Trinajstić information content (AvgIpc) is 3.36. The first-order valence-electron chi connectivity index (χ1n) is 9.90. The van der Waals surface area contributed by atoms with Crippen molar-refractivity contribution in [2.45, 2.75) is 24.1 Å². The first kappa shape index (κ1) is 23.0. The molecule has 4 rings (SSSR count). The third-order valence-electron chi connectivity index (χ3n) is 4.80. The number of amides is 1. The van der Waals surface area contributed by atoms with Gasteiger partial charge in [-0.2, -0.15) is 4.68 Å². The zero-order valence-electron chi connectivity index (χ0n) is 17.4. The Morgan fingerprint density at radius 3 is 2.82 bits per heavy atom. The molecule has 0 aliphatic carbocycles. The molecule has 0 unspecified atom stereocenters. The average molecular weight is 493 g/mol. The van der Waals surface area contributed by atoms with Gasteiger partial charge in [0, 0.05) is 34.7 Å². The van der Waals surface area contributed by atoms with Gasteiger partial charge in [0.1, 0.15) is 5.75 Å². The molecule has 12 heteroatoms. The minimum Gasteiger partial charge on any atom is -0.420 e. The molecule has 0 fully saturated rings. The summed E-state index contributed by atoms with van der Waals surface area (Å²) in [5.74, 6) is -0.0756. The Balaban J connectivity index is 1.34. The summed E-state index contributed by atoms with van der Waals surface area (Å²) in [5.41, 5.74) is -0.428. The lowest BCUT2D eigenvalue weighted by Crippen LogP contribution is -2.27. The summed E-state index contributed by atoms with van der Waals surface area (Å²) in [6.45, 7) is 2.25. The van der Waals surface area contributed by atoms with E-state index in [0.717, 1.165) is 27.8 Å². The number of nitrogens with one attached hydrogen (secondary N) is 2. The third-order valence-corrected chi connectivity index (χ3v) is 5.79. The van der Waals surface area contributed by atoms with E-state index >= 15 is 0 Å². The molecule has 172 valence electrons. The number of rotatable bonds is 9. The van der Waals surface area contributed by atoms with E-state index in [1.165, 1.54) is 23.9 Å². The van der Waals surface area contributed by atoms with E-state index in [1.807, 2.05) is 37.3 Å². The number of fused-ring (bicyclic) bond motifs is 1. The molecule has 2 heterocycles. The molecule has 2 aromatic carbocycles. The van der Waals surface area contributed by atoms with Crippen LogP contribution in [-0.4, -0.2) is 49.0 Å². The number of thioether (sulfide) groups is 1. The van der Waals surface area contributed by atoms with Crippen molar-refractivity contribution in [1.29, 1.82) is 0 Å². The number of alkyl halides is 3. The molecule has 0 spiro atoms. The number of ether oxygens (including phenoxy) is 1. The number of aromatic nitrogens is 5. The van der Waals surface area contributed by atoms with Gasteiger partial charge in [-0.15, -0.1) is 13.9 Å². The van der Waals surface area contributed by atoms with Crippen LogP contribution >= 0.6 is 23.4 Å². The van der Waals surface area contributed by atoms with Gasteiger partial charge in [0.05, 0.1) is 11.4 Å². The number of tetrazole rings is 1. The molecule has 0 bridgehead atoms. The van der Waals surface area contributed by atoms with Gasteiger partial charge in [-0.3, -0.25) is 4.79 Å². The standard InChI is InChI=1S/C21H19ClF2N6O2S/c1-13-16(17-11-15(32-21(22,23)24)7-8-18(17)26-13)9-10-25-19(31)12-33-20-27-28-29-30(20)14-5-3-2-4-6-14/h2-8,11,26H,9-10,12H2,1H3,(H,25,31). The molecule has 4 aromatic rings. The van der Waals surface area contributed by atoms with Crippen LogP contribution in [0, 0.1) is 6.92 Å². The van der Waals surface area contributed by atoms with Crippen LogP contribution in [0.15, 0.2) is 53.7 Å². The lowest BCUT2D eigenvalue weighted by atomic mass is 10.1. The van der Waals surface area contributed by atoms with Crippen molar-refractivity contribution in [3.8, 4) is 11.4 Å². The molecule has 33 heavy (non-hydrogen) atoms. The van der Waals surface area contributed by atoms with Crippen molar-refractivity contribution in [2.75, 3.05) is 12.3 Å². The Morgan fingerprint density at radius 2 is 2.06 bits per heavy atom. The molecule has 2 N–H and O–H groups in total. The van der Waals surface area contributed by atoms with Crippen LogP contribution in [0.4, 0.5) is 8.78 Å². The highest BCUT2D eigenvalue weighted by atomic mass is 35.5. The largest absolute Gasteiger partial charge is 0.487 e. The van der Waals surface area contributed by atoms with Crippen LogP contribution in [0.25, 0.3) is 16.6 Å². The van der Waals surface area contributed by atoms with Crippen LogP contribution in [-0.2, 0) is 11.2 Å². The number of benzene rings is 2. The number of para-hydroxylation sites is 1. The Hall–Kier alpha value is -3.18. The van der Waals surface area contributed by atoms with Gasteiger partial charge < -0.3 is 15.0 Å². The second-order valence-corrected chi connectivity index (χ2v) is 8.46. The first-order chi connectivity index (χ1) is 15.8. The molecule has 0 saturated heterocycles. The van der Waals surface area contributed by atoms with Gasteiger partial charge >= 0.3 is 5.57 Å². The maximum atomic E-state index is 13.0. The fourth-order valence-electron chi connectivity index (χ4n) is 3.39. The zero-order chi connectivity index (χ0) is 23.4. The van der Waals surface area contributed by atoms with Crippen LogP contribution in [0.2, 0.25) is 0 Å². The Kier molecular flexibility index (Phi) is 6.80. The Morgan fingerprint density at radius 1 is 1.27 bits per heavy atom. The third kappa shape index (κ3) is 5.79. The Bertz CT molecular complexity index is 1260. The van der Waals surface area contributed by atoms with Crippen molar-refractivity contribution in [2.24, 2.45) is 0 Å². The van der Waals surface area contributed by atoms with Crippen molar-refractivity contribution in [3.63, 3.8) is 0 Å². The van der Waals surface area contributed by atoms with Crippen molar-refractivity contribution >= 4 is 40.2 Å². The number of H-pyrrole nitrogens is 1. The molecule has 0 radical (unpaired) electrons. The smallest absolute Gasteiger partial charge is 0.420 e. The SMILES string of the molecule is Cc1[nH]c2ccc(OC(F)(F)Cl)cc2c1CCNC(=O)CSc1nnnn1-c1ccccc1. The molecule has 0 saturated carbocycles. The monoisotopic (exact) mass is 492 g/mol. The summed E-state index contributed by atoms with van der Waals surface area (Å²) in [7, 11) is 0. The summed E-state index contributed by atoms with van der Waals surface area (Å²) in [4.78, 5) is 15.5. The number of carbonyl (C=O) groups is 1. The minimum absolute atomic E-state index is 0.0423. The van der Waals surface area contributed by atoms with Crippen molar-refractivity contribution in [1.82, 2.24) is 30.5 Å². The van der Waals surface area contributed by atoms with E-state index in [4.69, 9.17) is 11.6 Å². The number of aryl methyl sites for hydroxylation is 1. The highest BCUT2D eigenvalue weighted by Gasteiger charge is 2.27. The summed E-state index contributed by atoms with van der Waals surface area (Å²) in [6, 6.07) is 14.0. The Labute approximate surface area is 196 Å². The number of hydrogen-bond donors (Lipinski definition) is 2. The normalized spacial score (nSPS) is 11.6. The van der Waals surface area contributed by atoms with Crippen molar-refractivity contribution in [3.05, 3.63) is 59.8 Å². The molecule has 0 aliphatic rings. The highest BCUT2D eigenvalue weighted by Crippen LogP contribution is 2.30. The predicted octanol–water partition coefficient (Wildman–Crippen LogP) is 4.07. The predicted molar refractivity (Wildman–Crippen MR) is 121 cm³/mol. The van der Waals surface area contributed by atoms with E-state index in [9.17, 15) is 13.6 Å². The fraction of sp³-hybridized carbons (Fsp3) is 0.238. The van der Waals surface area contributed by atoms with E-state index in [1.54, 1.807) is 10.7 Å². The summed E-state index contributed by atoms with van der Waals surface area (Å²) in [5, 5.41) is 15.7. The molecule has 1 amide bonds. The van der Waals surface area contributed by atoms with Crippen LogP contribution < -0.4 is 10.1 Å². The number of carbonyl (C=O) groups excluding carboxylic acids is 1. The van der Waals surface area contributed by atoms with Gasteiger partial charge in [0.15, 0.2) is 0 Å². The van der Waals surface area contributed by atoms with E-state index in [2.05, 4.69) is 30.6 Å². The number of nitrogens with zero attached hydrogens (tertiary/aromatic N) is 4. The minimum atomic E-state index is -3.79. The molecule has 0 atom stereocenters. The maximum Gasteiger partial charge on any atom is 0.487 e. The summed E-state index contributed by atoms with van der Waals surface area (Å²) >= 11 is 6.09. The first-order valence-corrected chi connectivity index (χ1v) is 11.3. The lowest BCUT2D eigenvalue weighted by molar-refractivity contribution is -0.118. The van der Waals surface area contributed by atoms with Gasteiger partial charge in [0.25, 0.3) is 0 Å². The van der Waals surface area contributed by atoms with E-state index in [-0.39, 0.29) is 17.4 Å². The van der Waals surface area contributed by atoms with Crippen LogP contribution in [0.1, 0.15) is 11.3 Å². The highest BCUT2D eigenvalue weighted by molar-refractivity contribution is 7.99. The lowest BCUT2D eigenvalue weighted by Gasteiger charge is -2.11. The maximum absolute atomic E-state index is 13.0. The van der Waals surface area contributed by atoms with Gasteiger partial charge in [-0.05, 0) is 59.7 Å². The molecule has 2 aromatic heterocycles. The van der Waals surface area contributed by atoms with Gasteiger partial charge in [-0.25, -0.2) is 0 Å². The van der Waals surface area contributed by atoms with Gasteiger partial charge in [-0.1, -0.05) is 30.0 Å². The molecule has 8 nitrogen and oxygen atoms in total. The molecular weight excluding hydrogens is 474 g/mol.